The van der Waals surface area contributed by atoms with Crippen molar-refractivity contribution in [3.8, 4) is 0 Å². The van der Waals surface area contributed by atoms with Gasteiger partial charge in [-0.15, -0.1) is 24.9 Å². The fourth-order valence-electron chi connectivity index (χ4n) is 1.62. The number of anilines is 1. The van der Waals surface area contributed by atoms with Crippen molar-refractivity contribution in [2.45, 2.75) is 11.8 Å². The first-order chi connectivity index (χ1) is 9.08. The molecule has 2 N–H and O–H groups in total. The van der Waals surface area contributed by atoms with Gasteiger partial charge in [-0.2, -0.15) is 0 Å². The molecule has 102 valence electrons. The highest BCUT2D eigenvalue weighted by atomic mass is 32.2. The Morgan fingerprint density at radius 2 is 2.00 bits per heavy atom. The molecule has 0 saturated heterocycles. The average Bonchev–Trinajstić information content (AvgIpc) is 2.37. The zero-order valence-corrected chi connectivity index (χ0v) is 12.1. The minimum atomic E-state index is 0.0600. The van der Waals surface area contributed by atoms with E-state index in [0.717, 1.165) is 16.1 Å². The lowest BCUT2D eigenvalue weighted by molar-refractivity contribution is -0.127. The van der Waals surface area contributed by atoms with Crippen molar-refractivity contribution in [1.82, 2.24) is 4.90 Å². The van der Waals surface area contributed by atoms with E-state index in [-0.39, 0.29) is 5.91 Å². The molecule has 1 amide bonds. The first-order valence-corrected chi connectivity index (χ1v) is 7.05. The molecule has 0 aromatic heterocycles. The Balaban J connectivity index is 2.61. The molecular weight excluding hydrogens is 256 g/mol. The zero-order chi connectivity index (χ0) is 14.3. The van der Waals surface area contributed by atoms with Crippen LogP contribution in [0.2, 0.25) is 0 Å². The summed E-state index contributed by atoms with van der Waals surface area (Å²) >= 11 is 1.46. The smallest absolute Gasteiger partial charge is 0.233 e. The van der Waals surface area contributed by atoms with E-state index < -0.39 is 0 Å². The van der Waals surface area contributed by atoms with Crippen molar-refractivity contribution >= 4 is 23.4 Å². The number of benzene rings is 1. The molecule has 0 fully saturated rings. The van der Waals surface area contributed by atoms with Gasteiger partial charge in [0.1, 0.15) is 0 Å². The number of carbonyl (C=O) groups excluding carboxylic acids is 1. The van der Waals surface area contributed by atoms with Gasteiger partial charge in [0, 0.05) is 23.7 Å². The summed E-state index contributed by atoms with van der Waals surface area (Å²) in [6.45, 7) is 10.4. The van der Waals surface area contributed by atoms with Gasteiger partial charge in [-0.1, -0.05) is 18.2 Å². The standard InChI is InChI=1S/C15H20N2OS/c1-4-8-17(9-5-2)15(18)11-19-14-7-6-12(3)10-13(14)16/h4-7,10H,1-2,8-9,11,16H2,3H3. The average molecular weight is 276 g/mol. The van der Waals surface area contributed by atoms with Crippen molar-refractivity contribution < 1.29 is 4.79 Å². The number of hydrogen-bond donors (Lipinski definition) is 1. The van der Waals surface area contributed by atoms with E-state index in [1.807, 2.05) is 25.1 Å². The van der Waals surface area contributed by atoms with E-state index in [4.69, 9.17) is 5.73 Å². The van der Waals surface area contributed by atoms with E-state index in [1.54, 1.807) is 17.1 Å². The lowest BCUT2D eigenvalue weighted by Gasteiger charge is -2.19. The highest BCUT2D eigenvalue weighted by Crippen LogP contribution is 2.25. The number of hydrogen-bond acceptors (Lipinski definition) is 3. The molecule has 1 aromatic rings. The predicted octanol–water partition coefficient (Wildman–Crippen LogP) is 2.87. The van der Waals surface area contributed by atoms with Crippen molar-refractivity contribution in [1.29, 1.82) is 0 Å². The van der Waals surface area contributed by atoms with E-state index in [9.17, 15) is 4.79 Å². The maximum atomic E-state index is 12.0. The molecule has 0 unspecified atom stereocenters. The van der Waals surface area contributed by atoms with Gasteiger partial charge >= 0.3 is 0 Å². The van der Waals surface area contributed by atoms with Crippen LogP contribution in [0.4, 0.5) is 5.69 Å². The Kier molecular flexibility index (Phi) is 6.22. The van der Waals surface area contributed by atoms with Crippen LogP contribution in [0.3, 0.4) is 0 Å². The Hall–Kier alpha value is -1.68. The quantitative estimate of drug-likeness (QED) is 0.473. The lowest BCUT2D eigenvalue weighted by Crippen LogP contribution is -2.32. The summed E-state index contributed by atoms with van der Waals surface area (Å²) in [5.41, 5.74) is 7.76. The van der Waals surface area contributed by atoms with Crippen molar-refractivity contribution in [2.75, 3.05) is 24.6 Å². The molecule has 0 aliphatic rings. The van der Waals surface area contributed by atoms with Crippen LogP contribution in [-0.2, 0) is 4.79 Å². The molecular formula is C15H20N2OS. The van der Waals surface area contributed by atoms with E-state index in [1.165, 1.54) is 11.8 Å². The maximum Gasteiger partial charge on any atom is 0.233 e. The Morgan fingerprint density at radius 1 is 1.37 bits per heavy atom. The topological polar surface area (TPSA) is 46.3 Å². The number of thioether (sulfide) groups is 1. The van der Waals surface area contributed by atoms with Crippen molar-refractivity contribution in [2.24, 2.45) is 0 Å². The summed E-state index contributed by atoms with van der Waals surface area (Å²) in [4.78, 5) is 14.7. The number of amides is 1. The Labute approximate surface area is 119 Å². The summed E-state index contributed by atoms with van der Waals surface area (Å²) in [6, 6.07) is 5.86. The summed E-state index contributed by atoms with van der Waals surface area (Å²) in [7, 11) is 0. The molecule has 0 atom stereocenters. The molecule has 1 aromatic carbocycles. The molecule has 0 radical (unpaired) electrons. The minimum absolute atomic E-state index is 0.0600. The Bertz CT molecular complexity index is 461. The fraction of sp³-hybridized carbons (Fsp3) is 0.267. The van der Waals surface area contributed by atoms with Gasteiger partial charge in [0.25, 0.3) is 0 Å². The van der Waals surface area contributed by atoms with Crippen LogP contribution in [0.1, 0.15) is 5.56 Å². The van der Waals surface area contributed by atoms with Gasteiger partial charge in [0.15, 0.2) is 0 Å². The highest BCUT2D eigenvalue weighted by Gasteiger charge is 2.11. The maximum absolute atomic E-state index is 12.0. The third kappa shape index (κ3) is 4.83. The molecule has 0 saturated carbocycles. The molecule has 0 aliphatic carbocycles. The summed E-state index contributed by atoms with van der Waals surface area (Å²) < 4.78 is 0. The SMILES string of the molecule is C=CCN(CC=C)C(=O)CSc1ccc(C)cc1N. The van der Waals surface area contributed by atoms with E-state index in [2.05, 4.69) is 13.2 Å². The Morgan fingerprint density at radius 3 is 2.53 bits per heavy atom. The van der Waals surface area contributed by atoms with Gasteiger partial charge in [0.05, 0.1) is 5.75 Å². The first-order valence-electron chi connectivity index (χ1n) is 6.07. The third-order valence-corrected chi connectivity index (χ3v) is 3.64. The van der Waals surface area contributed by atoms with Crippen LogP contribution in [0.15, 0.2) is 48.4 Å². The fourth-order valence-corrected chi connectivity index (χ4v) is 2.47. The number of carbonyl (C=O) groups is 1. The van der Waals surface area contributed by atoms with Crippen LogP contribution in [0.5, 0.6) is 0 Å². The summed E-state index contributed by atoms with van der Waals surface area (Å²) in [5.74, 6) is 0.430. The van der Waals surface area contributed by atoms with Crippen molar-refractivity contribution in [3.63, 3.8) is 0 Å². The van der Waals surface area contributed by atoms with E-state index in [0.29, 0.717) is 18.8 Å². The first kappa shape index (κ1) is 15.4. The van der Waals surface area contributed by atoms with E-state index >= 15 is 0 Å². The molecule has 19 heavy (non-hydrogen) atoms. The van der Waals surface area contributed by atoms with Gasteiger partial charge in [-0.3, -0.25) is 4.79 Å². The van der Waals surface area contributed by atoms with Crippen LogP contribution in [0.25, 0.3) is 0 Å². The highest BCUT2D eigenvalue weighted by molar-refractivity contribution is 8.00. The summed E-state index contributed by atoms with van der Waals surface area (Å²) in [6.07, 6.45) is 3.43. The van der Waals surface area contributed by atoms with Gasteiger partial charge in [-0.25, -0.2) is 0 Å². The van der Waals surface area contributed by atoms with Gasteiger partial charge < -0.3 is 10.6 Å². The number of rotatable bonds is 7. The largest absolute Gasteiger partial charge is 0.398 e. The number of nitrogens with zero attached hydrogens (tertiary/aromatic N) is 1. The monoisotopic (exact) mass is 276 g/mol. The molecule has 4 heteroatoms. The molecule has 0 spiro atoms. The number of aryl methyl sites for hydroxylation is 1. The second kappa shape index (κ2) is 7.69. The number of nitrogen functional groups attached to an aromatic ring is 1. The second-order valence-electron chi connectivity index (χ2n) is 4.21. The van der Waals surface area contributed by atoms with Crippen LogP contribution >= 0.6 is 11.8 Å². The molecule has 0 bridgehead atoms. The third-order valence-electron chi connectivity index (χ3n) is 2.57. The van der Waals surface area contributed by atoms with Crippen LogP contribution in [-0.4, -0.2) is 29.6 Å². The van der Waals surface area contributed by atoms with Gasteiger partial charge in [0.2, 0.25) is 5.91 Å². The minimum Gasteiger partial charge on any atom is -0.398 e. The molecule has 0 aliphatic heterocycles. The van der Waals surface area contributed by atoms with Crippen molar-refractivity contribution in [3.05, 3.63) is 49.1 Å². The lowest BCUT2D eigenvalue weighted by atomic mass is 10.2. The van der Waals surface area contributed by atoms with Crippen LogP contribution < -0.4 is 5.73 Å². The predicted molar refractivity (Wildman–Crippen MR) is 83.3 cm³/mol. The molecule has 1 rings (SSSR count). The number of nitrogens with two attached hydrogens (primary N) is 1. The molecule has 3 nitrogen and oxygen atoms in total. The normalized spacial score (nSPS) is 9.95. The zero-order valence-electron chi connectivity index (χ0n) is 11.3. The second-order valence-corrected chi connectivity index (χ2v) is 5.22. The van der Waals surface area contributed by atoms with Crippen LogP contribution in [0, 0.1) is 6.92 Å². The molecule has 0 heterocycles. The summed E-state index contributed by atoms with van der Waals surface area (Å²) in [5, 5.41) is 0. The van der Waals surface area contributed by atoms with Gasteiger partial charge in [-0.05, 0) is 24.6 Å².